The Bertz CT molecular complexity index is 509. The summed E-state index contributed by atoms with van der Waals surface area (Å²) in [5.74, 6) is 0. The molecule has 1 aromatic carbocycles. The van der Waals surface area contributed by atoms with Crippen LogP contribution in [0.2, 0.25) is 0 Å². The predicted octanol–water partition coefficient (Wildman–Crippen LogP) is 3.52. The highest BCUT2D eigenvalue weighted by atomic mass is 79.9. The van der Waals surface area contributed by atoms with Gasteiger partial charge in [0.2, 0.25) is 0 Å². The van der Waals surface area contributed by atoms with E-state index in [-0.39, 0.29) is 0 Å². The minimum Gasteiger partial charge on any atom is -0.379 e. The van der Waals surface area contributed by atoms with Crippen LogP contribution in [-0.2, 0) is 6.54 Å². The van der Waals surface area contributed by atoms with Gasteiger partial charge in [0.1, 0.15) is 0 Å². The maximum absolute atomic E-state index is 4.33. The van der Waals surface area contributed by atoms with Gasteiger partial charge in [-0.1, -0.05) is 6.07 Å². The second kappa shape index (κ2) is 5.87. The fourth-order valence-corrected chi connectivity index (χ4v) is 1.83. The summed E-state index contributed by atoms with van der Waals surface area (Å²) in [7, 11) is 4.07. The third kappa shape index (κ3) is 3.47. The number of aromatic nitrogens is 1. The average Bonchev–Trinajstić information content (AvgIpc) is 2.38. The number of halogens is 1. The van der Waals surface area contributed by atoms with E-state index in [1.165, 1.54) is 5.69 Å². The Hall–Kier alpha value is -1.55. The Morgan fingerprint density at radius 2 is 2.06 bits per heavy atom. The van der Waals surface area contributed by atoms with Gasteiger partial charge in [0.15, 0.2) is 0 Å². The van der Waals surface area contributed by atoms with Crippen molar-refractivity contribution in [1.82, 2.24) is 4.98 Å². The lowest BCUT2D eigenvalue weighted by molar-refractivity contribution is 1.04. The largest absolute Gasteiger partial charge is 0.379 e. The first-order chi connectivity index (χ1) is 8.65. The molecule has 18 heavy (non-hydrogen) atoms. The van der Waals surface area contributed by atoms with Crippen LogP contribution in [0.25, 0.3) is 0 Å². The van der Waals surface area contributed by atoms with Gasteiger partial charge < -0.3 is 10.2 Å². The minimum absolute atomic E-state index is 0.726. The van der Waals surface area contributed by atoms with Crippen molar-refractivity contribution in [3.05, 3.63) is 52.8 Å². The zero-order valence-electron chi connectivity index (χ0n) is 10.5. The molecule has 0 fully saturated rings. The number of benzene rings is 1. The van der Waals surface area contributed by atoms with Gasteiger partial charge in [0.05, 0.1) is 12.2 Å². The van der Waals surface area contributed by atoms with E-state index >= 15 is 0 Å². The maximum Gasteiger partial charge on any atom is 0.0595 e. The smallest absolute Gasteiger partial charge is 0.0595 e. The summed E-state index contributed by atoms with van der Waals surface area (Å²) >= 11 is 3.38. The molecule has 0 aliphatic heterocycles. The van der Waals surface area contributed by atoms with Gasteiger partial charge in [-0.25, -0.2) is 0 Å². The number of anilines is 2. The van der Waals surface area contributed by atoms with Crippen molar-refractivity contribution in [2.75, 3.05) is 24.3 Å². The van der Waals surface area contributed by atoms with E-state index in [4.69, 9.17) is 0 Å². The number of hydrogen-bond donors (Lipinski definition) is 1. The van der Waals surface area contributed by atoms with Gasteiger partial charge in [-0.3, -0.25) is 4.98 Å². The van der Waals surface area contributed by atoms with Gasteiger partial charge in [-0.2, -0.15) is 0 Å². The summed E-state index contributed by atoms with van der Waals surface area (Å²) in [6.45, 7) is 0.726. The number of rotatable bonds is 4. The minimum atomic E-state index is 0.726. The molecule has 0 spiro atoms. The van der Waals surface area contributed by atoms with Crippen molar-refractivity contribution < 1.29 is 0 Å². The normalized spacial score (nSPS) is 10.2. The fraction of sp³-hybridized carbons (Fsp3) is 0.214. The zero-order valence-corrected chi connectivity index (χ0v) is 12.1. The third-order valence-electron chi connectivity index (χ3n) is 2.62. The molecule has 0 radical (unpaired) electrons. The van der Waals surface area contributed by atoms with Crippen LogP contribution in [0, 0.1) is 0 Å². The van der Waals surface area contributed by atoms with Crippen molar-refractivity contribution in [3.8, 4) is 0 Å². The zero-order chi connectivity index (χ0) is 13.0. The maximum atomic E-state index is 4.33. The number of nitrogens with zero attached hydrogens (tertiary/aromatic N) is 2. The van der Waals surface area contributed by atoms with E-state index in [1.54, 1.807) is 0 Å². The number of pyridine rings is 1. The van der Waals surface area contributed by atoms with Crippen LogP contribution in [0.5, 0.6) is 0 Å². The molecule has 0 aliphatic carbocycles. The van der Waals surface area contributed by atoms with Gasteiger partial charge >= 0.3 is 0 Å². The van der Waals surface area contributed by atoms with Crippen LogP contribution in [0.15, 0.2) is 47.1 Å². The molecule has 0 bridgehead atoms. The molecule has 1 aromatic heterocycles. The number of hydrogen-bond acceptors (Lipinski definition) is 3. The second-order valence-electron chi connectivity index (χ2n) is 4.27. The van der Waals surface area contributed by atoms with E-state index in [9.17, 15) is 0 Å². The third-order valence-corrected chi connectivity index (χ3v) is 3.09. The summed E-state index contributed by atoms with van der Waals surface area (Å²) in [4.78, 5) is 6.42. The molecule has 0 aliphatic rings. The highest BCUT2D eigenvalue weighted by Gasteiger charge is 1.98. The molecule has 94 valence electrons. The highest BCUT2D eigenvalue weighted by molar-refractivity contribution is 9.10. The molecule has 0 saturated heterocycles. The Labute approximate surface area is 116 Å². The van der Waals surface area contributed by atoms with Crippen LogP contribution in [0.1, 0.15) is 5.69 Å². The standard InChI is InChI=1S/C14H16BrN3/c1-18(2)14-5-3-4-12(8-14)17-10-13-7-6-11(15)9-16-13/h3-9,17H,10H2,1-2H3. The first kappa shape index (κ1) is 12.9. The number of nitrogens with one attached hydrogen (secondary N) is 1. The lowest BCUT2D eigenvalue weighted by Crippen LogP contribution is -2.09. The van der Waals surface area contributed by atoms with E-state index in [1.807, 2.05) is 38.5 Å². The van der Waals surface area contributed by atoms with Crippen molar-refractivity contribution in [2.24, 2.45) is 0 Å². The first-order valence-corrected chi connectivity index (χ1v) is 6.56. The van der Waals surface area contributed by atoms with E-state index in [0.717, 1.165) is 22.4 Å². The van der Waals surface area contributed by atoms with Gasteiger partial charge in [-0.05, 0) is 46.3 Å². The van der Waals surface area contributed by atoms with Gasteiger partial charge in [0.25, 0.3) is 0 Å². The summed E-state index contributed by atoms with van der Waals surface area (Å²) < 4.78 is 1.00. The molecule has 1 N–H and O–H groups in total. The Kier molecular flexibility index (Phi) is 4.20. The quantitative estimate of drug-likeness (QED) is 0.937. The molecule has 4 heteroatoms. The monoisotopic (exact) mass is 305 g/mol. The molecule has 0 amide bonds. The molecular weight excluding hydrogens is 290 g/mol. The second-order valence-corrected chi connectivity index (χ2v) is 5.18. The summed E-state index contributed by atoms with van der Waals surface area (Å²) in [6, 6.07) is 12.3. The first-order valence-electron chi connectivity index (χ1n) is 5.77. The van der Waals surface area contributed by atoms with Crippen molar-refractivity contribution >= 4 is 27.3 Å². The molecular formula is C14H16BrN3. The van der Waals surface area contributed by atoms with Crippen LogP contribution in [0.4, 0.5) is 11.4 Å². The molecule has 0 unspecified atom stereocenters. The lowest BCUT2D eigenvalue weighted by Gasteiger charge is -2.14. The van der Waals surface area contributed by atoms with Crippen molar-refractivity contribution in [2.45, 2.75) is 6.54 Å². The van der Waals surface area contributed by atoms with E-state index in [2.05, 4.69) is 49.3 Å². The lowest BCUT2D eigenvalue weighted by atomic mass is 10.2. The predicted molar refractivity (Wildman–Crippen MR) is 80.0 cm³/mol. The summed E-state index contributed by atoms with van der Waals surface area (Å²) in [6.07, 6.45) is 1.81. The highest BCUT2D eigenvalue weighted by Crippen LogP contribution is 2.18. The Balaban J connectivity index is 2.01. The Morgan fingerprint density at radius 1 is 1.22 bits per heavy atom. The fourth-order valence-electron chi connectivity index (χ4n) is 1.60. The Morgan fingerprint density at radius 3 is 2.72 bits per heavy atom. The topological polar surface area (TPSA) is 28.2 Å². The van der Waals surface area contributed by atoms with E-state index < -0.39 is 0 Å². The van der Waals surface area contributed by atoms with Gasteiger partial charge in [-0.15, -0.1) is 0 Å². The van der Waals surface area contributed by atoms with Crippen LogP contribution >= 0.6 is 15.9 Å². The molecule has 3 nitrogen and oxygen atoms in total. The van der Waals surface area contributed by atoms with Crippen molar-refractivity contribution in [3.63, 3.8) is 0 Å². The molecule has 0 atom stereocenters. The summed E-state index contributed by atoms with van der Waals surface area (Å²) in [5, 5.41) is 3.37. The summed E-state index contributed by atoms with van der Waals surface area (Å²) in [5.41, 5.74) is 3.31. The van der Waals surface area contributed by atoms with Crippen molar-refractivity contribution in [1.29, 1.82) is 0 Å². The molecule has 2 rings (SSSR count). The van der Waals surface area contributed by atoms with Crippen LogP contribution < -0.4 is 10.2 Å². The molecule has 1 heterocycles. The van der Waals surface area contributed by atoms with Crippen LogP contribution in [0.3, 0.4) is 0 Å². The average molecular weight is 306 g/mol. The van der Waals surface area contributed by atoms with Crippen LogP contribution in [-0.4, -0.2) is 19.1 Å². The van der Waals surface area contributed by atoms with E-state index in [0.29, 0.717) is 0 Å². The molecule has 0 saturated carbocycles. The molecule has 2 aromatic rings. The SMILES string of the molecule is CN(C)c1cccc(NCc2ccc(Br)cn2)c1. The van der Waals surface area contributed by atoms with Gasteiger partial charge in [0, 0.05) is 36.1 Å².